The van der Waals surface area contributed by atoms with Crippen LogP contribution >= 0.6 is 11.8 Å². The Morgan fingerprint density at radius 1 is 1.15 bits per heavy atom. The van der Waals surface area contributed by atoms with Gasteiger partial charge in [-0.3, -0.25) is 4.90 Å². The summed E-state index contributed by atoms with van der Waals surface area (Å²) in [5, 5.41) is 2.58. The van der Waals surface area contributed by atoms with E-state index in [1.165, 1.54) is 44.8 Å². The highest BCUT2D eigenvalue weighted by Crippen LogP contribution is 2.45. The molecule has 2 atom stereocenters. The van der Waals surface area contributed by atoms with Gasteiger partial charge in [0.2, 0.25) is 0 Å². The van der Waals surface area contributed by atoms with Crippen LogP contribution in [0.25, 0.3) is 10.9 Å². The minimum absolute atomic E-state index is 0.191. The molecule has 1 N–H and O–H groups in total. The summed E-state index contributed by atoms with van der Waals surface area (Å²) in [4.78, 5) is 7.17. The molecule has 1 aliphatic heterocycles. The van der Waals surface area contributed by atoms with E-state index < -0.39 is 0 Å². The molecule has 2 nitrogen and oxygen atoms in total. The summed E-state index contributed by atoms with van der Waals surface area (Å²) in [6, 6.07) is 13.9. The number of halogens is 1. The Balaban J connectivity index is 1.64. The van der Waals surface area contributed by atoms with Crippen LogP contribution in [0, 0.1) is 5.82 Å². The topological polar surface area (TPSA) is 19.0 Å². The summed E-state index contributed by atoms with van der Waals surface area (Å²) >= 11 is 1.70. The first-order valence-electron chi connectivity index (χ1n) is 9.04. The van der Waals surface area contributed by atoms with Gasteiger partial charge in [0.05, 0.1) is 5.03 Å². The van der Waals surface area contributed by atoms with Crippen molar-refractivity contribution < 1.29 is 4.39 Å². The zero-order valence-corrected chi connectivity index (χ0v) is 15.7. The molecule has 26 heavy (non-hydrogen) atoms. The molecule has 2 aliphatic rings. The molecule has 2 aromatic carbocycles. The zero-order valence-electron chi connectivity index (χ0n) is 14.9. The lowest BCUT2D eigenvalue weighted by Crippen LogP contribution is -2.43. The van der Waals surface area contributed by atoms with Crippen LogP contribution in [-0.4, -0.2) is 29.5 Å². The number of aromatic nitrogens is 1. The van der Waals surface area contributed by atoms with Crippen molar-refractivity contribution in [1.82, 2.24) is 9.88 Å². The van der Waals surface area contributed by atoms with E-state index >= 15 is 0 Å². The van der Waals surface area contributed by atoms with Gasteiger partial charge >= 0.3 is 0 Å². The lowest BCUT2D eigenvalue weighted by molar-refractivity contribution is 0.224. The highest BCUT2D eigenvalue weighted by Gasteiger charge is 2.36. The first kappa shape index (κ1) is 16.2. The number of hydrogen-bond donors (Lipinski definition) is 1. The van der Waals surface area contributed by atoms with Gasteiger partial charge < -0.3 is 4.98 Å². The van der Waals surface area contributed by atoms with Crippen LogP contribution in [0.5, 0.6) is 0 Å². The van der Waals surface area contributed by atoms with Gasteiger partial charge in [0, 0.05) is 34.3 Å². The van der Waals surface area contributed by atoms with Crippen LogP contribution in [0.3, 0.4) is 0 Å². The van der Waals surface area contributed by atoms with E-state index in [1.807, 2.05) is 12.1 Å². The van der Waals surface area contributed by atoms with Gasteiger partial charge in [-0.1, -0.05) is 35.5 Å². The van der Waals surface area contributed by atoms with E-state index in [1.54, 1.807) is 11.8 Å². The van der Waals surface area contributed by atoms with Crippen LogP contribution in [0.15, 0.2) is 64.0 Å². The third kappa shape index (κ3) is 2.51. The quantitative estimate of drug-likeness (QED) is 0.618. The second-order valence-corrected chi connectivity index (χ2v) is 8.57. The van der Waals surface area contributed by atoms with Crippen molar-refractivity contribution in [3.05, 3.63) is 71.1 Å². The minimum Gasteiger partial charge on any atom is -0.349 e. The van der Waals surface area contributed by atoms with E-state index in [-0.39, 0.29) is 5.82 Å². The monoisotopic (exact) mass is 364 g/mol. The Hall–Kier alpha value is -2.04. The van der Waals surface area contributed by atoms with Crippen molar-refractivity contribution in [2.24, 2.45) is 0 Å². The molecule has 0 saturated carbocycles. The Bertz CT molecular complexity index is 1020. The van der Waals surface area contributed by atoms with Crippen LogP contribution in [0.4, 0.5) is 4.39 Å². The molecule has 3 aromatic rings. The third-order valence-corrected chi connectivity index (χ3v) is 6.73. The lowest BCUT2D eigenvalue weighted by atomic mass is 9.77. The summed E-state index contributed by atoms with van der Waals surface area (Å²) < 4.78 is 13.2. The Kier molecular flexibility index (Phi) is 3.73. The number of nitrogens with zero attached hydrogens (tertiary/aromatic N) is 1. The van der Waals surface area contributed by atoms with Crippen LogP contribution in [0.2, 0.25) is 0 Å². The van der Waals surface area contributed by atoms with Gasteiger partial charge in [0.25, 0.3) is 0 Å². The molecule has 0 fully saturated rings. The smallest absolute Gasteiger partial charge is 0.123 e. The molecule has 0 bridgehead atoms. The summed E-state index contributed by atoms with van der Waals surface area (Å²) in [7, 11) is 2.23. The molecule has 0 spiro atoms. The molecule has 1 aromatic heterocycles. The number of rotatable bonds is 2. The number of fused-ring (bicyclic) bond motifs is 2. The normalized spacial score (nSPS) is 22.3. The largest absolute Gasteiger partial charge is 0.349 e. The van der Waals surface area contributed by atoms with E-state index in [4.69, 9.17) is 0 Å². The second kappa shape index (κ2) is 6.00. The maximum absolute atomic E-state index is 13.2. The van der Waals surface area contributed by atoms with E-state index in [0.717, 1.165) is 17.9 Å². The molecule has 132 valence electrons. The summed E-state index contributed by atoms with van der Waals surface area (Å²) in [5.41, 5.74) is 5.50. The van der Waals surface area contributed by atoms with Crippen LogP contribution in [0.1, 0.15) is 24.0 Å². The average Bonchev–Trinajstić information content (AvgIpc) is 2.97. The molecule has 2 heterocycles. The molecule has 0 radical (unpaired) electrons. The van der Waals surface area contributed by atoms with Crippen molar-refractivity contribution in [1.29, 1.82) is 0 Å². The molecule has 1 aliphatic carbocycles. The van der Waals surface area contributed by atoms with Gasteiger partial charge in [0.15, 0.2) is 0 Å². The second-order valence-electron chi connectivity index (χ2n) is 7.48. The van der Waals surface area contributed by atoms with Crippen molar-refractivity contribution >= 4 is 22.7 Å². The minimum atomic E-state index is -0.191. The van der Waals surface area contributed by atoms with E-state index in [0.29, 0.717) is 12.0 Å². The van der Waals surface area contributed by atoms with Gasteiger partial charge in [-0.2, -0.15) is 0 Å². The van der Waals surface area contributed by atoms with Crippen LogP contribution in [-0.2, 0) is 6.42 Å². The Labute approximate surface area is 157 Å². The third-order valence-electron chi connectivity index (χ3n) is 5.67. The SMILES string of the molecule is CC1=C[C@@H]2c3cccc4[nH]c(Sc5ccc(F)cc5)c(c34)C[C@H]2N(C)C1. The maximum atomic E-state index is 13.2. The fraction of sp³-hybridized carbons (Fsp3) is 0.273. The molecule has 5 rings (SSSR count). The molecule has 0 unspecified atom stereocenters. The number of nitrogens with one attached hydrogen (secondary N) is 1. The Morgan fingerprint density at radius 2 is 1.96 bits per heavy atom. The Morgan fingerprint density at radius 3 is 2.77 bits per heavy atom. The number of aromatic amines is 1. The zero-order chi connectivity index (χ0) is 17.8. The van der Waals surface area contributed by atoms with Crippen molar-refractivity contribution in [3.8, 4) is 0 Å². The standard InChI is InChI=1S/C22H21FN2S/c1-13-10-17-16-4-3-5-19-21(16)18(11-20(17)25(2)12-13)22(24-19)26-15-8-6-14(23)7-9-15/h3-10,17,20,24H,11-12H2,1-2H3/t17-,20-/m1/s1. The highest BCUT2D eigenvalue weighted by molar-refractivity contribution is 7.99. The molecular weight excluding hydrogens is 343 g/mol. The van der Waals surface area contributed by atoms with E-state index in [2.05, 4.69) is 48.1 Å². The number of benzene rings is 2. The van der Waals surface area contributed by atoms with Gasteiger partial charge in [-0.05, 0) is 61.9 Å². The fourth-order valence-corrected chi connectivity index (χ4v) is 5.52. The van der Waals surface area contributed by atoms with Crippen molar-refractivity contribution in [2.45, 2.75) is 35.2 Å². The van der Waals surface area contributed by atoms with Gasteiger partial charge in [-0.15, -0.1) is 0 Å². The predicted molar refractivity (Wildman–Crippen MR) is 105 cm³/mol. The van der Waals surface area contributed by atoms with E-state index in [9.17, 15) is 4.39 Å². The molecular formula is C22H21FN2S. The first-order valence-corrected chi connectivity index (χ1v) is 9.86. The fourth-order valence-electron chi connectivity index (χ4n) is 4.55. The van der Waals surface area contributed by atoms with Gasteiger partial charge in [-0.25, -0.2) is 4.39 Å². The number of likely N-dealkylation sites (N-methyl/N-ethyl adjacent to an activating group) is 1. The number of hydrogen-bond acceptors (Lipinski definition) is 2. The summed E-state index contributed by atoms with van der Waals surface area (Å²) in [5.74, 6) is 0.271. The molecule has 0 saturated heterocycles. The maximum Gasteiger partial charge on any atom is 0.123 e. The highest BCUT2D eigenvalue weighted by atomic mass is 32.2. The average molecular weight is 364 g/mol. The lowest BCUT2D eigenvalue weighted by Gasteiger charge is -2.41. The van der Waals surface area contributed by atoms with Gasteiger partial charge in [0.1, 0.15) is 5.82 Å². The molecule has 4 heteroatoms. The van der Waals surface area contributed by atoms with Crippen molar-refractivity contribution in [3.63, 3.8) is 0 Å². The first-order chi connectivity index (χ1) is 12.6. The van der Waals surface area contributed by atoms with Crippen molar-refractivity contribution in [2.75, 3.05) is 13.6 Å². The molecule has 0 amide bonds. The number of H-pyrrole nitrogens is 1. The predicted octanol–water partition coefficient (Wildman–Crippen LogP) is 5.36. The summed E-state index contributed by atoms with van der Waals surface area (Å²) in [6.07, 6.45) is 3.51. The van der Waals surface area contributed by atoms with Crippen LogP contribution < -0.4 is 0 Å². The summed E-state index contributed by atoms with van der Waals surface area (Å²) in [6.45, 7) is 3.27.